The zero-order valence-corrected chi connectivity index (χ0v) is 12.6. The van der Waals surface area contributed by atoms with Gasteiger partial charge in [-0.05, 0) is 19.1 Å². The maximum Gasteiger partial charge on any atom is 0.330 e. The van der Waals surface area contributed by atoms with Gasteiger partial charge in [-0.1, -0.05) is 0 Å². The van der Waals surface area contributed by atoms with Crippen molar-refractivity contribution in [3.8, 4) is 0 Å². The molecule has 0 aliphatic carbocycles. The molecule has 0 spiro atoms. The molecule has 22 heavy (non-hydrogen) atoms. The largest absolute Gasteiger partial charge is 0.366 e. The van der Waals surface area contributed by atoms with Crippen LogP contribution in [0.5, 0.6) is 0 Å². The van der Waals surface area contributed by atoms with E-state index in [2.05, 4.69) is 0 Å². The maximum atomic E-state index is 13.4. The van der Waals surface area contributed by atoms with Gasteiger partial charge in [0, 0.05) is 44.2 Å². The van der Waals surface area contributed by atoms with Gasteiger partial charge >= 0.3 is 5.69 Å². The van der Waals surface area contributed by atoms with E-state index in [1.165, 1.54) is 23.7 Å². The van der Waals surface area contributed by atoms with Gasteiger partial charge in [0.2, 0.25) is 0 Å². The summed E-state index contributed by atoms with van der Waals surface area (Å²) in [6.45, 7) is 2.60. The van der Waals surface area contributed by atoms with Gasteiger partial charge in [-0.15, -0.1) is 0 Å². The van der Waals surface area contributed by atoms with E-state index < -0.39 is 22.9 Å². The number of benzene rings is 1. The molecule has 5 nitrogen and oxygen atoms in total. The zero-order chi connectivity index (χ0) is 16.4. The Labute approximate surface area is 126 Å². The number of hydrogen-bond donors (Lipinski definition) is 0. The first-order chi connectivity index (χ1) is 10.3. The fourth-order valence-corrected chi connectivity index (χ4v) is 2.19. The molecule has 2 aromatic rings. The van der Waals surface area contributed by atoms with Crippen molar-refractivity contribution in [2.24, 2.45) is 14.1 Å². The fraction of sp³-hybridized carbons (Fsp3) is 0.333. The lowest BCUT2D eigenvalue weighted by Crippen LogP contribution is -2.39. The first kappa shape index (κ1) is 15.9. The monoisotopic (exact) mass is 309 g/mol. The number of aromatic nitrogens is 2. The van der Waals surface area contributed by atoms with Crippen LogP contribution < -0.4 is 16.1 Å². The van der Waals surface area contributed by atoms with Crippen molar-refractivity contribution < 1.29 is 8.78 Å². The Morgan fingerprint density at radius 3 is 2.32 bits per heavy atom. The van der Waals surface area contributed by atoms with Crippen LogP contribution >= 0.6 is 0 Å². The third-order valence-corrected chi connectivity index (χ3v) is 3.63. The minimum absolute atomic E-state index is 0.239. The highest BCUT2D eigenvalue weighted by Gasteiger charge is 2.12. The Kier molecular flexibility index (Phi) is 4.44. The van der Waals surface area contributed by atoms with Crippen LogP contribution in [0.2, 0.25) is 0 Å². The second-order valence-electron chi connectivity index (χ2n) is 4.99. The molecule has 0 fully saturated rings. The van der Waals surface area contributed by atoms with Crippen LogP contribution in [0.25, 0.3) is 0 Å². The molecular weight excluding hydrogens is 292 g/mol. The molecule has 0 radical (unpaired) electrons. The Morgan fingerprint density at radius 2 is 1.73 bits per heavy atom. The van der Waals surface area contributed by atoms with E-state index in [1.807, 2.05) is 6.92 Å². The third kappa shape index (κ3) is 2.93. The molecule has 118 valence electrons. The van der Waals surface area contributed by atoms with Crippen molar-refractivity contribution in [3.63, 3.8) is 0 Å². The summed E-state index contributed by atoms with van der Waals surface area (Å²) in [6, 6.07) is 4.97. The summed E-state index contributed by atoms with van der Waals surface area (Å²) in [7, 11) is 2.97. The Hall–Kier alpha value is -2.44. The highest BCUT2D eigenvalue weighted by molar-refractivity contribution is 5.46. The van der Waals surface area contributed by atoms with Gasteiger partial charge in [-0.3, -0.25) is 13.9 Å². The summed E-state index contributed by atoms with van der Waals surface area (Å²) in [4.78, 5) is 25.4. The Bertz CT molecular complexity index is 811. The lowest BCUT2D eigenvalue weighted by atomic mass is 10.2. The summed E-state index contributed by atoms with van der Waals surface area (Å²) in [6.07, 6.45) is 0. The van der Waals surface area contributed by atoms with E-state index in [4.69, 9.17) is 0 Å². The molecule has 0 saturated heterocycles. The summed E-state index contributed by atoms with van der Waals surface area (Å²) >= 11 is 0. The quantitative estimate of drug-likeness (QED) is 0.857. The molecule has 0 bridgehead atoms. The predicted octanol–water partition coefficient (Wildman–Crippen LogP) is 1.39. The van der Waals surface area contributed by atoms with Crippen molar-refractivity contribution in [2.75, 3.05) is 11.4 Å². The van der Waals surface area contributed by atoms with Gasteiger partial charge in [0.25, 0.3) is 5.56 Å². The van der Waals surface area contributed by atoms with Gasteiger partial charge in [-0.2, -0.15) is 0 Å². The third-order valence-electron chi connectivity index (χ3n) is 3.63. The average Bonchev–Trinajstić information content (AvgIpc) is 2.50. The molecule has 2 rings (SSSR count). The summed E-state index contributed by atoms with van der Waals surface area (Å²) in [5.74, 6) is -1.85. The molecule has 7 heteroatoms. The van der Waals surface area contributed by atoms with Crippen LogP contribution in [0, 0.1) is 11.6 Å². The number of anilines is 1. The molecule has 1 aromatic carbocycles. The van der Waals surface area contributed by atoms with Crippen LogP contribution in [0.3, 0.4) is 0 Å². The number of halogens is 2. The maximum absolute atomic E-state index is 13.4. The van der Waals surface area contributed by atoms with Gasteiger partial charge in [0.15, 0.2) is 11.6 Å². The lowest BCUT2D eigenvalue weighted by molar-refractivity contribution is 0.508. The van der Waals surface area contributed by atoms with E-state index in [9.17, 15) is 18.4 Å². The number of rotatable bonds is 4. The predicted molar refractivity (Wildman–Crippen MR) is 80.0 cm³/mol. The van der Waals surface area contributed by atoms with Gasteiger partial charge in [0.05, 0.1) is 6.54 Å². The van der Waals surface area contributed by atoms with E-state index in [0.29, 0.717) is 17.9 Å². The lowest BCUT2D eigenvalue weighted by Gasteiger charge is -2.24. The minimum Gasteiger partial charge on any atom is -0.366 e. The highest BCUT2D eigenvalue weighted by Crippen LogP contribution is 2.19. The van der Waals surface area contributed by atoms with Gasteiger partial charge in [-0.25, -0.2) is 13.6 Å². The second-order valence-corrected chi connectivity index (χ2v) is 4.99. The fourth-order valence-electron chi connectivity index (χ4n) is 2.19. The highest BCUT2D eigenvalue weighted by atomic mass is 19.2. The number of nitrogens with zero attached hydrogens (tertiary/aromatic N) is 3. The van der Waals surface area contributed by atoms with Crippen molar-refractivity contribution in [3.05, 3.63) is 62.4 Å². The first-order valence-corrected chi connectivity index (χ1v) is 6.81. The van der Waals surface area contributed by atoms with Crippen LogP contribution in [0.4, 0.5) is 14.5 Å². The normalized spacial score (nSPS) is 10.8. The summed E-state index contributed by atoms with van der Waals surface area (Å²) in [5, 5.41) is 0. The Balaban J connectivity index is 2.41. The molecule has 1 aromatic heterocycles. The smallest absolute Gasteiger partial charge is 0.330 e. The molecule has 0 N–H and O–H groups in total. The molecule has 0 aliphatic heterocycles. The first-order valence-electron chi connectivity index (χ1n) is 6.81. The van der Waals surface area contributed by atoms with Crippen LogP contribution in [0.1, 0.15) is 12.6 Å². The van der Waals surface area contributed by atoms with E-state index in [-0.39, 0.29) is 6.54 Å². The van der Waals surface area contributed by atoms with Gasteiger partial charge in [0.1, 0.15) is 0 Å². The average molecular weight is 309 g/mol. The number of hydrogen-bond acceptors (Lipinski definition) is 3. The van der Waals surface area contributed by atoms with Crippen LogP contribution in [-0.4, -0.2) is 15.7 Å². The SMILES string of the molecule is CCN(Cc1cc(=O)n(C)c(=O)n1C)c1ccc(F)c(F)c1. The van der Waals surface area contributed by atoms with Gasteiger partial charge < -0.3 is 4.90 Å². The van der Waals surface area contributed by atoms with Crippen LogP contribution in [0.15, 0.2) is 33.9 Å². The van der Waals surface area contributed by atoms with Crippen molar-refractivity contribution in [1.82, 2.24) is 9.13 Å². The molecule has 0 saturated carbocycles. The summed E-state index contributed by atoms with van der Waals surface area (Å²) in [5.41, 5.74) is 0.150. The van der Waals surface area contributed by atoms with E-state index in [1.54, 1.807) is 11.9 Å². The van der Waals surface area contributed by atoms with E-state index >= 15 is 0 Å². The minimum atomic E-state index is -0.936. The molecule has 0 unspecified atom stereocenters. The van der Waals surface area contributed by atoms with Crippen molar-refractivity contribution in [1.29, 1.82) is 0 Å². The Morgan fingerprint density at radius 1 is 1.05 bits per heavy atom. The molecule has 0 amide bonds. The van der Waals surface area contributed by atoms with Crippen molar-refractivity contribution >= 4 is 5.69 Å². The van der Waals surface area contributed by atoms with Crippen molar-refractivity contribution in [2.45, 2.75) is 13.5 Å². The summed E-state index contributed by atoms with van der Waals surface area (Å²) < 4.78 is 28.8. The second kappa shape index (κ2) is 6.13. The zero-order valence-electron chi connectivity index (χ0n) is 12.6. The molecule has 1 heterocycles. The molecule has 0 atom stereocenters. The topological polar surface area (TPSA) is 47.2 Å². The molecular formula is C15H17F2N3O2. The molecule has 0 aliphatic rings. The standard InChI is InChI=1S/C15H17F2N3O2/c1-4-20(10-5-6-12(16)13(17)7-10)9-11-8-14(21)19(3)15(22)18(11)2/h5-8H,4,9H2,1-3H3. The van der Waals surface area contributed by atoms with E-state index in [0.717, 1.165) is 16.7 Å². The van der Waals surface area contributed by atoms with Crippen LogP contribution in [-0.2, 0) is 20.6 Å².